The number of carbonyl (C=O) groups is 1. The fourth-order valence-corrected chi connectivity index (χ4v) is 2.76. The normalized spacial score (nSPS) is 10.7. The number of carbonyl (C=O) groups excluding carboxylic acids is 1. The molecule has 0 unspecified atom stereocenters. The Morgan fingerprint density at radius 2 is 1.94 bits per heavy atom. The lowest BCUT2D eigenvalue weighted by atomic mass is 10.1. The second kappa shape index (κ2) is 4.23. The van der Waals surface area contributed by atoms with Gasteiger partial charge in [-0.1, -0.05) is 24.3 Å². The van der Waals surface area contributed by atoms with Gasteiger partial charge in [-0.15, -0.1) is 11.3 Å². The number of rotatable bonds is 2. The van der Waals surface area contributed by atoms with Crippen molar-refractivity contribution in [2.24, 2.45) is 5.73 Å². The molecule has 0 aliphatic heterocycles. The van der Waals surface area contributed by atoms with Gasteiger partial charge in [-0.25, -0.2) is 4.98 Å². The smallest absolute Gasteiger partial charge is 0.248 e. The Bertz CT molecular complexity index is 700. The van der Waals surface area contributed by atoms with Crippen molar-refractivity contribution >= 4 is 27.5 Å². The lowest BCUT2D eigenvalue weighted by molar-refractivity contribution is 0.100. The summed E-state index contributed by atoms with van der Waals surface area (Å²) in [6, 6.07) is 15.2. The first-order valence-electron chi connectivity index (χ1n) is 5.50. The van der Waals surface area contributed by atoms with Gasteiger partial charge < -0.3 is 5.73 Å². The SMILES string of the molecule is NC(=O)c1cccc(-c2nc3ccccc3s2)c1. The number of hydrogen-bond acceptors (Lipinski definition) is 3. The van der Waals surface area contributed by atoms with Crippen LogP contribution in [0.4, 0.5) is 0 Å². The molecule has 2 aromatic carbocycles. The largest absolute Gasteiger partial charge is 0.366 e. The Morgan fingerprint density at radius 1 is 1.11 bits per heavy atom. The summed E-state index contributed by atoms with van der Waals surface area (Å²) in [6.45, 7) is 0. The van der Waals surface area contributed by atoms with Gasteiger partial charge in [0.05, 0.1) is 10.2 Å². The third kappa shape index (κ3) is 1.87. The minimum atomic E-state index is -0.419. The number of nitrogens with two attached hydrogens (primary N) is 1. The van der Waals surface area contributed by atoms with Crippen LogP contribution in [-0.2, 0) is 0 Å². The van der Waals surface area contributed by atoms with Gasteiger partial charge in [0.2, 0.25) is 5.91 Å². The summed E-state index contributed by atoms with van der Waals surface area (Å²) in [5.74, 6) is -0.419. The number of fused-ring (bicyclic) bond motifs is 1. The van der Waals surface area contributed by atoms with E-state index in [9.17, 15) is 4.79 Å². The molecule has 1 heterocycles. The number of para-hydroxylation sites is 1. The highest BCUT2D eigenvalue weighted by atomic mass is 32.1. The summed E-state index contributed by atoms with van der Waals surface area (Å²) >= 11 is 1.61. The van der Waals surface area contributed by atoms with Crippen LogP contribution >= 0.6 is 11.3 Å². The Morgan fingerprint density at radius 3 is 2.72 bits per heavy atom. The molecule has 2 N–H and O–H groups in total. The molecule has 0 atom stereocenters. The number of aromatic nitrogens is 1. The van der Waals surface area contributed by atoms with E-state index in [4.69, 9.17) is 5.73 Å². The lowest BCUT2D eigenvalue weighted by Gasteiger charge is -1.98. The summed E-state index contributed by atoms with van der Waals surface area (Å²) in [5, 5.41) is 0.902. The van der Waals surface area contributed by atoms with E-state index in [1.807, 2.05) is 36.4 Å². The molecule has 0 aliphatic carbocycles. The first-order valence-corrected chi connectivity index (χ1v) is 6.31. The number of thiazole rings is 1. The van der Waals surface area contributed by atoms with E-state index in [0.717, 1.165) is 20.8 Å². The third-order valence-electron chi connectivity index (χ3n) is 2.69. The van der Waals surface area contributed by atoms with Gasteiger partial charge in [0.25, 0.3) is 0 Å². The van der Waals surface area contributed by atoms with Gasteiger partial charge in [-0.05, 0) is 24.3 Å². The molecule has 3 rings (SSSR count). The van der Waals surface area contributed by atoms with Crippen LogP contribution in [0.25, 0.3) is 20.8 Å². The summed E-state index contributed by atoms with van der Waals surface area (Å²) in [4.78, 5) is 15.7. The molecule has 3 nitrogen and oxygen atoms in total. The Balaban J connectivity index is 2.13. The minimum absolute atomic E-state index is 0.419. The van der Waals surface area contributed by atoms with Crippen LogP contribution in [0.1, 0.15) is 10.4 Å². The van der Waals surface area contributed by atoms with Crippen LogP contribution in [0, 0.1) is 0 Å². The van der Waals surface area contributed by atoms with Crippen molar-refractivity contribution in [1.82, 2.24) is 4.98 Å². The molecule has 0 fully saturated rings. The van der Waals surface area contributed by atoms with Crippen LogP contribution in [-0.4, -0.2) is 10.9 Å². The highest BCUT2D eigenvalue weighted by Gasteiger charge is 2.07. The van der Waals surface area contributed by atoms with Crippen LogP contribution < -0.4 is 5.73 Å². The van der Waals surface area contributed by atoms with Crippen molar-refractivity contribution in [3.8, 4) is 10.6 Å². The highest BCUT2D eigenvalue weighted by molar-refractivity contribution is 7.21. The summed E-state index contributed by atoms with van der Waals surface area (Å²) in [5.41, 5.74) is 7.68. The van der Waals surface area contributed by atoms with E-state index >= 15 is 0 Å². The molecular weight excluding hydrogens is 244 g/mol. The van der Waals surface area contributed by atoms with Crippen LogP contribution in [0.15, 0.2) is 48.5 Å². The van der Waals surface area contributed by atoms with Crippen molar-refractivity contribution in [2.45, 2.75) is 0 Å². The van der Waals surface area contributed by atoms with Crippen LogP contribution in [0.2, 0.25) is 0 Å². The van der Waals surface area contributed by atoms with Crippen molar-refractivity contribution in [2.75, 3.05) is 0 Å². The van der Waals surface area contributed by atoms with Crippen LogP contribution in [0.5, 0.6) is 0 Å². The molecule has 0 bridgehead atoms. The number of amides is 1. The predicted molar refractivity (Wildman–Crippen MR) is 73.6 cm³/mol. The van der Waals surface area contributed by atoms with E-state index in [1.165, 1.54) is 0 Å². The van der Waals surface area contributed by atoms with E-state index in [-0.39, 0.29) is 0 Å². The molecule has 1 amide bonds. The van der Waals surface area contributed by atoms with Gasteiger partial charge in [0.15, 0.2) is 0 Å². The topological polar surface area (TPSA) is 56.0 Å². The van der Waals surface area contributed by atoms with Crippen molar-refractivity contribution in [3.63, 3.8) is 0 Å². The molecular formula is C14H10N2OS. The minimum Gasteiger partial charge on any atom is -0.366 e. The molecule has 0 saturated heterocycles. The zero-order valence-corrected chi connectivity index (χ0v) is 10.3. The number of nitrogens with zero attached hydrogens (tertiary/aromatic N) is 1. The molecule has 1 aromatic heterocycles. The van der Waals surface area contributed by atoms with Crippen molar-refractivity contribution < 1.29 is 4.79 Å². The standard InChI is InChI=1S/C14H10N2OS/c15-13(17)9-4-3-5-10(8-9)14-16-11-6-1-2-7-12(11)18-14/h1-8H,(H2,15,17). The maximum absolute atomic E-state index is 11.2. The van der Waals surface area contributed by atoms with Crippen molar-refractivity contribution in [1.29, 1.82) is 0 Å². The first-order chi connectivity index (χ1) is 8.74. The highest BCUT2D eigenvalue weighted by Crippen LogP contribution is 2.30. The van der Waals surface area contributed by atoms with E-state index in [2.05, 4.69) is 4.98 Å². The van der Waals surface area contributed by atoms with Crippen LogP contribution in [0.3, 0.4) is 0 Å². The molecule has 3 aromatic rings. The van der Waals surface area contributed by atoms with Gasteiger partial charge >= 0.3 is 0 Å². The fourth-order valence-electron chi connectivity index (χ4n) is 1.80. The molecule has 0 spiro atoms. The average Bonchev–Trinajstić information content (AvgIpc) is 2.82. The monoisotopic (exact) mass is 254 g/mol. The zero-order valence-electron chi connectivity index (χ0n) is 9.46. The van der Waals surface area contributed by atoms with Gasteiger partial charge in [-0.3, -0.25) is 4.79 Å². The second-order valence-electron chi connectivity index (χ2n) is 3.93. The zero-order chi connectivity index (χ0) is 12.5. The maximum Gasteiger partial charge on any atom is 0.248 e. The fraction of sp³-hybridized carbons (Fsp3) is 0. The summed E-state index contributed by atoms with van der Waals surface area (Å²) in [7, 11) is 0. The maximum atomic E-state index is 11.2. The van der Waals surface area contributed by atoms with E-state index < -0.39 is 5.91 Å². The number of primary amides is 1. The predicted octanol–water partition coefficient (Wildman–Crippen LogP) is 3.06. The Kier molecular flexibility index (Phi) is 2.57. The van der Waals surface area contributed by atoms with E-state index in [0.29, 0.717) is 5.56 Å². The van der Waals surface area contributed by atoms with Gasteiger partial charge in [0, 0.05) is 11.1 Å². The summed E-state index contributed by atoms with van der Waals surface area (Å²) < 4.78 is 1.14. The quantitative estimate of drug-likeness (QED) is 0.764. The number of benzene rings is 2. The lowest BCUT2D eigenvalue weighted by Crippen LogP contribution is -2.10. The Hall–Kier alpha value is -2.20. The van der Waals surface area contributed by atoms with Crippen molar-refractivity contribution in [3.05, 3.63) is 54.1 Å². The Labute approximate surface area is 108 Å². The molecule has 88 valence electrons. The molecule has 18 heavy (non-hydrogen) atoms. The first kappa shape index (κ1) is 10.9. The molecule has 4 heteroatoms. The molecule has 0 saturated carbocycles. The van der Waals surface area contributed by atoms with E-state index in [1.54, 1.807) is 23.5 Å². The van der Waals surface area contributed by atoms with Gasteiger partial charge in [0.1, 0.15) is 5.01 Å². The average molecular weight is 254 g/mol. The molecule has 0 radical (unpaired) electrons. The second-order valence-corrected chi connectivity index (χ2v) is 4.96. The number of hydrogen-bond donors (Lipinski definition) is 1. The summed E-state index contributed by atoms with van der Waals surface area (Å²) in [6.07, 6.45) is 0. The third-order valence-corrected chi connectivity index (χ3v) is 3.77. The van der Waals surface area contributed by atoms with Gasteiger partial charge in [-0.2, -0.15) is 0 Å². The molecule has 0 aliphatic rings.